The van der Waals surface area contributed by atoms with Gasteiger partial charge in [0.1, 0.15) is 0 Å². The molecule has 0 fully saturated rings. The van der Waals surface area contributed by atoms with E-state index in [2.05, 4.69) is 64.6 Å². The molecular formula is C22H14N2S. The van der Waals surface area contributed by atoms with Crippen molar-refractivity contribution in [1.82, 2.24) is 9.97 Å². The summed E-state index contributed by atoms with van der Waals surface area (Å²) in [5.74, 6) is 0. The molecule has 3 aromatic heterocycles. The first-order chi connectivity index (χ1) is 12.4. The summed E-state index contributed by atoms with van der Waals surface area (Å²) in [6.07, 6.45) is 3.65. The van der Waals surface area contributed by atoms with Gasteiger partial charge in [0, 0.05) is 32.6 Å². The van der Waals surface area contributed by atoms with Gasteiger partial charge in [0.15, 0.2) is 0 Å². The van der Waals surface area contributed by atoms with Gasteiger partial charge in [-0.3, -0.25) is 9.97 Å². The van der Waals surface area contributed by atoms with Crippen LogP contribution in [0, 0.1) is 0 Å². The van der Waals surface area contributed by atoms with Crippen molar-refractivity contribution in [2.24, 2.45) is 0 Å². The van der Waals surface area contributed by atoms with Gasteiger partial charge in [-0.05, 0) is 47.5 Å². The van der Waals surface area contributed by atoms with E-state index in [1.807, 2.05) is 35.7 Å². The molecule has 0 aliphatic carbocycles. The summed E-state index contributed by atoms with van der Waals surface area (Å²) >= 11 is 1.84. The van der Waals surface area contributed by atoms with Gasteiger partial charge in [0.25, 0.3) is 0 Å². The first-order valence-electron chi connectivity index (χ1n) is 8.18. The molecule has 5 aromatic rings. The highest BCUT2D eigenvalue weighted by Crippen LogP contribution is 2.36. The quantitative estimate of drug-likeness (QED) is 0.384. The second-order valence-corrected chi connectivity index (χ2v) is 7.04. The fourth-order valence-corrected chi connectivity index (χ4v) is 4.32. The number of benzene rings is 2. The Kier molecular flexibility index (Phi) is 3.32. The van der Waals surface area contributed by atoms with Gasteiger partial charge in [-0.25, -0.2) is 0 Å². The van der Waals surface area contributed by atoms with Crippen molar-refractivity contribution >= 4 is 31.5 Å². The molecule has 0 aliphatic rings. The molecule has 0 N–H and O–H groups in total. The summed E-state index contributed by atoms with van der Waals surface area (Å²) in [5.41, 5.74) is 4.16. The molecule has 0 spiro atoms. The highest BCUT2D eigenvalue weighted by atomic mass is 32.1. The Morgan fingerprint density at radius 1 is 0.560 bits per heavy atom. The molecule has 25 heavy (non-hydrogen) atoms. The van der Waals surface area contributed by atoms with Crippen LogP contribution in [0.3, 0.4) is 0 Å². The van der Waals surface area contributed by atoms with Crippen molar-refractivity contribution in [2.75, 3.05) is 0 Å². The maximum absolute atomic E-state index is 4.47. The van der Waals surface area contributed by atoms with Crippen LogP contribution in [0.1, 0.15) is 0 Å². The predicted molar refractivity (Wildman–Crippen MR) is 106 cm³/mol. The van der Waals surface area contributed by atoms with E-state index in [-0.39, 0.29) is 0 Å². The van der Waals surface area contributed by atoms with E-state index in [0.717, 1.165) is 17.0 Å². The summed E-state index contributed by atoms with van der Waals surface area (Å²) in [6.45, 7) is 0. The normalized spacial score (nSPS) is 11.2. The highest BCUT2D eigenvalue weighted by molar-refractivity contribution is 7.25. The molecule has 5 rings (SSSR count). The standard InChI is InChI=1S/C22H14N2S/c1-2-7-21-17(5-1)18-9-8-15(14-22(18)25-21)16-10-12-24-20(13-16)19-6-3-4-11-23-19/h1-14H. The number of rotatable bonds is 2. The zero-order valence-electron chi connectivity index (χ0n) is 13.4. The largest absolute Gasteiger partial charge is 0.255 e. The van der Waals surface area contributed by atoms with Crippen LogP contribution >= 0.6 is 11.3 Å². The summed E-state index contributed by atoms with van der Waals surface area (Å²) in [6, 6.07) is 25.3. The van der Waals surface area contributed by atoms with Crippen LogP contribution in [-0.4, -0.2) is 9.97 Å². The monoisotopic (exact) mass is 338 g/mol. The van der Waals surface area contributed by atoms with Gasteiger partial charge in [-0.2, -0.15) is 0 Å². The molecule has 0 amide bonds. The third-order valence-corrected chi connectivity index (χ3v) is 5.53. The predicted octanol–water partition coefficient (Wildman–Crippen LogP) is 6.18. The molecule has 2 nitrogen and oxygen atoms in total. The molecule has 118 valence electrons. The minimum atomic E-state index is 0.896. The van der Waals surface area contributed by atoms with E-state index >= 15 is 0 Å². The second-order valence-electron chi connectivity index (χ2n) is 5.95. The lowest BCUT2D eigenvalue weighted by Gasteiger charge is -2.05. The molecule has 0 atom stereocenters. The fraction of sp³-hybridized carbons (Fsp3) is 0. The van der Waals surface area contributed by atoms with Crippen molar-refractivity contribution in [1.29, 1.82) is 0 Å². The van der Waals surface area contributed by atoms with Gasteiger partial charge in [-0.15, -0.1) is 11.3 Å². The number of hydrogen-bond acceptors (Lipinski definition) is 3. The molecule has 0 saturated carbocycles. The number of pyridine rings is 2. The number of fused-ring (bicyclic) bond motifs is 3. The molecule has 0 unspecified atom stereocenters. The Bertz CT molecular complexity index is 1190. The maximum atomic E-state index is 4.47. The van der Waals surface area contributed by atoms with E-state index < -0.39 is 0 Å². The summed E-state index contributed by atoms with van der Waals surface area (Å²) < 4.78 is 2.65. The fourth-order valence-electron chi connectivity index (χ4n) is 3.17. The summed E-state index contributed by atoms with van der Waals surface area (Å²) in [7, 11) is 0. The SMILES string of the molecule is c1ccc(-c2cc(-c3ccc4c(c3)sc3ccccc34)ccn2)nc1. The molecule has 0 radical (unpaired) electrons. The third kappa shape index (κ3) is 2.49. The van der Waals surface area contributed by atoms with Crippen LogP contribution in [0.5, 0.6) is 0 Å². The van der Waals surface area contributed by atoms with Crippen LogP contribution in [-0.2, 0) is 0 Å². The Morgan fingerprint density at radius 3 is 2.28 bits per heavy atom. The van der Waals surface area contributed by atoms with Crippen LogP contribution < -0.4 is 0 Å². The number of aromatic nitrogens is 2. The average Bonchev–Trinajstić information content (AvgIpc) is 3.06. The lowest BCUT2D eigenvalue weighted by Crippen LogP contribution is -1.87. The number of nitrogens with zero attached hydrogens (tertiary/aromatic N) is 2. The summed E-state index contributed by atoms with van der Waals surface area (Å²) in [5, 5.41) is 2.65. The van der Waals surface area contributed by atoms with Gasteiger partial charge in [-0.1, -0.05) is 36.4 Å². The van der Waals surface area contributed by atoms with Crippen LogP contribution in [0.15, 0.2) is 85.2 Å². The van der Waals surface area contributed by atoms with Crippen LogP contribution in [0.25, 0.3) is 42.7 Å². The molecule has 2 aromatic carbocycles. The van der Waals surface area contributed by atoms with Crippen molar-refractivity contribution in [2.45, 2.75) is 0 Å². The number of thiophene rings is 1. The molecular weight excluding hydrogens is 324 g/mol. The van der Waals surface area contributed by atoms with Crippen LogP contribution in [0.2, 0.25) is 0 Å². The minimum Gasteiger partial charge on any atom is -0.255 e. The first kappa shape index (κ1) is 14.3. The van der Waals surface area contributed by atoms with E-state index in [9.17, 15) is 0 Å². The Labute approximate surface area is 149 Å². The molecule has 3 heteroatoms. The van der Waals surface area contributed by atoms with E-state index in [1.165, 1.54) is 25.7 Å². The maximum Gasteiger partial charge on any atom is 0.0892 e. The van der Waals surface area contributed by atoms with Crippen molar-refractivity contribution < 1.29 is 0 Å². The molecule has 3 heterocycles. The smallest absolute Gasteiger partial charge is 0.0892 e. The molecule has 0 bridgehead atoms. The molecule has 0 saturated heterocycles. The van der Waals surface area contributed by atoms with E-state index in [0.29, 0.717) is 0 Å². The molecule has 0 aliphatic heterocycles. The zero-order valence-corrected chi connectivity index (χ0v) is 14.2. The first-order valence-corrected chi connectivity index (χ1v) is 8.99. The van der Waals surface area contributed by atoms with Gasteiger partial charge in [0.05, 0.1) is 11.4 Å². The van der Waals surface area contributed by atoms with E-state index in [4.69, 9.17) is 0 Å². The van der Waals surface area contributed by atoms with E-state index in [1.54, 1.807) is 6.20 Å². The Balaban J connectivity index is 1.64. The van der Waals surface area contributed by atoms with Gasteiger partial charge >= 0.3 is 0 Å². The van der Waals surface area contributed by atoms with Gasteiger partial charge in [0.2, 0.25) is 0 Å². The Morgan fingerprint density at radius 2 is 1.36 bits per heavy atom. The minimum absolute atomic E-state index is 0.896. The second kappa shape index (κ2) is 5.80. The Hall–Kier alpha value is -3.04. The topological polar surface area (TPSA) is 25.8 Å². The zero-order chi connectivity index (χ0) is 16.6. The summed E-state index contributed by atoms with van der Waals surface area (Å²) in [4.78, 5) is 8.87. The van der Waals surface area contributed by atoms with Crippen molar-refractivity contribution in [3.8, 4) is 22.5 Å². The van der Waals surface area contributed by atoms with Crippen LogP contribution in [0.4, 0.5) is 0 Å². The van der Waals surface area contributed by atoms with Crippen molar-refractivity contribution in [3.63, 3.8) is 0 Å². The third-order valence-electron chi connectivity index (χ3n) is 4.40. The lowest BCUT2D eigenvalue weighted by molar-refractivity contribution is 1.25. The van der Waals surface area contributed by atoms with Crippen molar-refractivity contribution in [3.05, 3.63) is 85.2 Å². The average molecular weight is 338 g/mol. The lowest BCUT2D eigenvalue weighted by atomic mass is 10.0. The van der Waals surface area contributed by atoms with Gasteiger partial charge < -0.3 is 0 Å². The number of hydrogen-bond donors (Lipinski definition) is 0. The highest BCUT2D eigenvalue weighted by Gasteiger charge is 2.08.